The summed E-state index contributed by atoms with van der Waals surface area (Å²) >= 11 is 0. The molecule has 8 nitrogen and oxygen atoms in total. The average molecular weight is 278 g/mol. The number of ether oxygens (including phenoxy) is 1. The molecule has 0 spiro atoms. The minimum absolute atomic E-state index is 0.0295. The van der Waals surface area contributed by atoms with E-state index in [1.807, 2.05) is 13.8 Å². The number of fused-ring (bicyclic) bond motifs is 1. The molecule has 3 rings (SSSR count). The van der Waals surface area contributed by atoms with E-state index in [2.05, 4.69) is 20.1 Å². The zero-order valence-corrected chi connectivity index (χ0v) is 11.5. The summed E-state index contributed by atoms with van der Waals surface area (Å²) in [5.41, 5.74) is 5.69. The number of aromatic nitrogens is 4. The van der Waals surface area contributed by atoms with E-state index in [4.69, 9.17) is 10.5 Å². The summed E-state index contributed by atoms with van der Waals surface area (Å²) in [5, 5.41) is 6.35. The first kappa shape index (κ1) is 13.1. The molecule has 1 fully saturated rings. The van der Waals surface area contributed by atoms with Gasteiger partial charge in [-0.1, -0.05) is 0 Å². The van der Waals surface area contributed by atoms with Gasteiger partial charge < -0.3 is 15.4 Å². The van der Waals surface area contributed by atoms with E-state index in [0.29, 0.717) is 25.3 Å². The van der Waals surface area contributed by atoms with Crippen LogP contribution >= 0.6 is 0 Å². The second-order valence-electron chi connectivity index (χ2n) is 5.62. The van der Waals surface area contributed by atoms with Gasteiger partial charge >= 0.3 is 5.69 Å². The van der Waals surface area contributed by atoms with Crippen molar-refractivity contribution < 1.29 is 4.74 Å². The second kappa shape index (κ2) is 4.57. The minimum atomic E-state index is -0.291. The van der Waals surface area contributed by atoms with Crippen molar-refractivity contribution >= 4 is 11.5 Å². The number of nitrogens with zero attached hydrogens (tertiary/aromatic N) is 4. The number of aromatic amines is 1. The highest BCUT2D eigenvalue weighted by molar-refractivity contribution is 5.50. The normalized spacial score (nSPS) is 22.4. The van der Waals surface area contributed by atoms with Crippen molar-refractivity contribution in [2.45, 2.75) is 25.6 Å². The monoisotopic (exact) mass is 278 g/mol. The maximum Gasteiger partial charge on any atom is 0.348 e. The lowest BCUT2D eigenvalue weighted by atomic mass is 10.1. The molecule has 3 N–H and O–H groups in total. The highest BCUT2D eigenvalue weighted by Gasteiger charge is 2.33. The molecule has 0 radical (unpaired) electrons. The Kier molecular flexibility index (Phi) is 2.98. The molecule has 2 aromatic heterocycles. The SMILES string of the molecule is CC1(C)CN(c2cc3n[nH]c(=O)n3cn2)CC(CN)O1. The molecule has 2 aromatic rings. The second-order valence-corrected chi connectivity index (χ2v) is 5.62. The van der Waals surface area contributed by atoms with Gasteiger partial charge in [-0.05, 0) is 13.8 Å². The van der Waals surface area contributed by atoms with Crippen LogP contribution in [0.3, 0.4) is 0 Å². The highest BCUT2D eigenvalue weighted by atomic mass is 16.5. The van der Waals surface area contributed by atoms with Crippen molar-refractivity contribution in [1.29, 1.82) is 0 Å². The molecule has 0 bridgehead atoms. The first-order valence-corrected chi connectivity index (χ1v) is 6.54. The molecule has 1 aliphatic rings. The van der Waals surface area contributed by atoms with Gasteiger partial charge in [-0.2, -0.15) is 5.10 Å². The smallest absolute Gasteiger partial charge is 0.348 e. The summed E-state index contributed by atoms with van der Waals surface area (Å²) < 4.78 is 7.27. The van der Waals surface area contributed by atoms with Crippen molar-refractivity contribution in [2.24, 2.45) is 5.73 Å². The fourth-order valence-corrected chi connectivity index (χ4v) is 2.57. The lowest BCUT2D eigenvalue weighted by Gasteiger charge is -2.43. The molecule has 8 heteroatoms. The third-order valence-corrected chi connectivity index (χ3v) is 3.36. The molecule has 0 aliphatic carbocycles. The molecule has 0 amide bonds. The minimum Gasteiger partial charge on any atom is -0.367 e. The average Bonchev–Trinajstić information content (AvgIpc) is 2.78. The molecule has 1 aliphatic heterocycles. The number of hydrogen-bond acceptors (Lipinski definition) is 6. The lowest BCUT2D eigenvalue weighted by Crippen LogP contribution is -2.55. The molecule has 1 saturated heterocycles. The quantitative estimate of drug-likeness (QED) is 0.757. The Morgan fingerprint density at radius 3 is 3.15 bits per heavy atom. The van der Waals surface area contributed by atoms with E-state index in [9.17, 15) is 4.79 Å². The molecular formula is C12H18N6O2. The Balaban J connectivity index is 1.95. The van der Waals surface area contributed by atoms with Gasteiger partial charge in [0, 0.05) is 25.7 Å². The number of morpholine rings is 1. The maximum absolute atomic E-state index is 11.4. The van der Waals surface area contributed by atoms with E-state index >= 15 is 0 Å². The lowest BCUT2D eigenvalue weighted by molar-refractivity contribution is -0.0790. The standard InChI is InChI=1S/C12H18N6O2/c1-12(2)6-17(5-8(4-13)20-12)9-3-10-15-16-11(19)18(10)7-14-9/h3,7-8H,4-6,13H2,1-2H3,(H,16,19). The number of hydrogen-bond donors (Lipinski definition) is 2. The summed E-state index contributed by atoms with van der Waals surface area (Å²) in [4.78, 5) is 17.9. The number of H-pyrrole nitrogens is 1. The van der Waals surface area contributed by atoms with Crippen LogP contribution in [0.5, 0.6) is 0 Å². The number of anilines is 1. The van der Waals surface area contributed by atoms with Crippen molar-refractivity contribution in [1.82, 2.24) is 19.6 Å². The van der Waals surface area contributed by atoms with E-state index in [0.717, 1.165) is 5.82 Å². The Morgan fingerprint density at radius 1 is 1.60 bits per heavy atom. The largest absolute Gasteiger partial charge is 0.367 e. The fourth-order valence-electron chi connectivity index (χ4n) is 2.57. The highest BCUT2D eigenvalue weighted by Crippen LogP contribution is 2.24. The Hall–Kier alpha value is -1.93. The van der Waals surface area contributed by atoms with Gasteiger partial charge in [-0.3, -0.25) is 0 Å². The van der Waals surface area contributed by atoms with Gasteiger partial charge in [-0.15, -0.1) is 0 Å². The molecule has 108 valence electrons. The predicted molar refractivity (Wildman–Crippen MR) is 73.8 cm³/mol. The van der Waals surface area contributed by atoms with Gasteiger partial charge in [0.05, 0.1) is 11.7 Å². The van der Waals surface area contributed by atoms with E-state index < -0.39 is 0 Å². The maximum atomic E-state index is 11.4. The molecule has 3 heterocycles. The molecule has 1 unspecified atom stereocenters. The van der Waals surface area contributed by atoms with E-state index in [-0.39, 0.29) is 17.4 Å². The van der Waals surface area contributed by atoms with Crippen LogP contribution in [0.2, 0.25) is 0 Å². The topological polar surface area (TPSA) is 102 Å². The number of rotatable bonds is 2. The molecule has 1 atom stereocenters. The van der Waals surface area contributed by atoms with Crippen LogP contribution in [0.15, 0.2) is 17.2 Å². The van der Waals surface area contributed by atoms with Gasteiger partial charge in [0.25, 0.3) is 0 Å². The molecular weight excluding hydrogens is 260 g/mol. The summed E-state index contributed by atoms with van der Waals surface area (Å²) in [6, 6.07) is 1.78. The zero-order chi connectivity index (χ0) is 14.3. The summed E-state index contributed by atoms with van der Waals surface area (Å²) in [6.07, 6.45) is 1.45. The van der Waals surface area contributed by atoms with Crippen LogP contribution < -0.4 is 16.3 Å². The first-order chi connectivity index (χ1) is 9.48. The van der Waals surface area contributed by atoms with Crippen molar-refractivity contribution in [2.75, 3.05) is 24.5 Å². The third kappa shape index (κ3) is 2.27. The Labute approximate surface area is 115 Å². The van der Waals surface area contributed by atoms with Crippen LogP contribution in [0.25, 0.3) is 5.65 Å². The Morgan fingerprint density at radius 2 is 2.40 bits per heavy atom. The number of nitrogens with one attached hydrogen (secondary N) is 1. The van der Waals surface area contributed by atoms with Gasteiger partial charge in [-0.25, -0.2) is 19.3 Å². The summed E-state index contributed by atoms with van der Waals surface area (Å²) in [5.74, 6) is 0.770. The zero-order valence-electron chi connectivity index (χ0n) is 11.5. The van der Waals surface area contributed by atoms with Crippen LogP contribution in [0.1, 0.15) is 13.8 Å². The Bertz CT molecular complexity index is 676. The van der Waals surface area contributed by atoms with Crippen molar-refractivity contribution in [3.63, 3.8) is 0 Å². The van der Waals surface area contributed by atoms with Gasteiger partial charge in [0.2, 0.25) is 0 Å². The number of nitrogens with two attached hydrogens (primary N) is 1. The third-order valence-electron chi connectivity index (χ3n) is 3.36. The van der Waals surface area contributed by atoms with Crippen LogP contribution in [-0.2, 0) is 4.74 Å². The van der Waals surface area contributed by atoms with Crippen LogP contribution in [0, 0.1) is 0 Å². The molecule has 0 aromatic carbocycles. The van der Waals surface area contributed by atoms with E-state index in [1.54, 1.807) is 6.07 Å². The van der Waals surface area contributed by atoms with Crippen LogP contribution in [0.4, 0.5) is 5.82 Å². The van der Waals surface area contributed by atoms with Crippen molar-refractivity contribution in [3.8, 4) is 0 Å². The van der Waals surface area contributed by atoms with Crippen LogP contribution in [-0.4, -0.2) is 50.9 Å². The van der Waals surface area contributed by atoms with E-state index in [1.165, 1.54) is 10.7 Å². The predicted octanol–water partition coefficient (Wildman–Crippen LogP) is -0.640. The van der Waals surface area contributed by atoms with Gasteiger partial charge in [0.15, 0.2) is 5.65 Å². The summed E-state index contributed by atoms with van der Waals surface area (Å²) in [7, 11) is 0. The fraction of sp³-hybridized carbons (Fsp3) is 0.583. The molecule has 0 saturated carbocycles. The first-order valence-electron chi connectivity index (χ1n) is 6.54. The summed E-state index contributed by atoms with van der Waals surface area (Å²) in [6.45, 7) is 5.90. The van der Waals surface area contributed by atoms with Crippen molar-refractivity contribution in [3.05, 3.63) is 22.9 Å². The molecule has 20 heavy (non-hydrogen) atoms. The van der Waals surface area contributed by atoms with Gasteiger partial charge in [0.1, 0.15) is 12.1 Å².